The molecule has 4 aromatic carbocycles. The summed E-state index contributed by atoms with van der Waals surface area (Å²) >= 11 is 6.01. The molecule has 2 atom stereocenters. The first kappa shape index (κ1) is 26.2. The third kappa shape index (κ3) is 4.03. The van der Waals surface area contributed by atoms with Gasteiger partial charge in [0.15, 0.2) is 6.61 Å². The van der Waals surface area contributed by atoms with Crippen molar-refractivity contribution in [1.29, 1.82) is 0 Å². The van der Waals surface area contributed by atoms with Crippen molar-refractivity contribution in [3.05, 3.63) is 129 Å². The fourth-order valence-corrected chi connectivity index (χ4v) is 7.01. The summed E-state index contributed by atoms with van der Waals surface area (Å²) in [5.41, 5.74) is 6.14. The number of amides is 3. The van der Waals surface area contributed by atoms with Gasteiger partial charge in [-0.15, -0.1) is 0 Å². The number of nitrogens with one attached hydrogen (secondary N) is 1. The Morgan fingerprint density at radius 2 is 1.36 bits per heavy atom. The van der Waals surface area contributed by atoms with E-state index in [0.717, 1.165) is 27.8 Å². The molecular formula is C34H25ClN2O5. The lowest BCUT2D eigenvalue weighted by Gasteiger charge is -2.45. The number of anilines is 2. The molecule has 8 heteroatoms. The lowest BCUT2D eigenvalue weighted by Crippen LogP contribution is -2.41. The van der Waals surface area contributed by atoms with Gasteiger partial charge in [-0.05, 0) is 65.1 Å². The van der Waals surface area contributed by atoms with Crippen LogP contribution in [0, 0.1) is 18.8 Å². The number of halogens is 1. The highest BCUT2D eigenvalue weighted by molar-refractivity contribution is 6.31. The standard InChI is InChI=1S/C34H25ClN2O5/c1-18-13-14-20(35)16-26(18)36-27(38)17-42-34(41)19-7-6-8-21(15-19)37-32(39)30-28-22-9-2-3-10-23(22)29(31(30)33(37)40)25-12-5-4-11-24(25)28/h2-16,28-31H,17H2,1H3,(H,36,38)/t28?,29?,30-,31-/m1/s1. The SMILES string of the molecule is Cc1ccc(Cl)cc1NC(=O)COC(=O)c1cccc(N2C(=O)[C@@H]3C4c5ccccc5C(c5ccccc54)[C@H]3C2=O)c1. The average molecular weight is 577 g/mol. The fraction of sp³-hybridized carbons (Fsp3) is 0.176. The smallest absolute Gasteiger partial charge is 0.338 e. The highest BCUT2D eigenvalue weighted by Gasteiger charge is 2.61. The maximum atomic E-state index is 14.0. The number of hydrogen-bond donors (Lipinski definition) is 1. The zero-order chi connectivity index (χ0) is 29.1. The minimum absolute atomic E-state index is 0.129. The number of nitrogens with zero attached hydrogens (tertiary/aromatic N) is 1. The van der Waals surface area contributed by atoms with Crippen LogP contribution in [-0.4, -0.2) is 30.3 Å². The zero-order valence-corrected chi connectivity index (χ0v) is 23.3. The Kier molecular flexibility index (Phi) is 6.21. The van der Waals surface area contributed by atoms with E-state index in [2.05, 4.69) is 29.6 Å². The lowest BCUT2D eigenvalue weighted by molar-refractivity contribution is -0.122. The van der Waals surface area contributed by atoms with Crippen LogP contribution in [0.15, 0.2) is 91.0 Å². The first-order valence-corrected chi connectivity index (χ1v) is 14.1. The summed E-state index contributed by atoms with van der Waals surface area (Å²) in [5, 5.41) is 3.15. The molecule has 1 saturated heterocycles. The molecule has 4 aromatic rings. The molecule has 42 heavy (non-hydrogen) atoms. The topological polar surface area (TPSA) is 92.8 Å². The van der Waals surface area contributed by atoms with Crippen LogP contribution in [0.25, 0.3) is 0 Å². The Hall–Kier alpha value is -4.75. The first-order valence-electron chi connectivity index (χ1n) is 13.7. The van der Waals surface area contributed by atoms with Crippen LogP contribution in [-0.2, 0) is 19.1 Å². The molecule has 208 valence electrons. The Balaban J connectivity index is 1.13. The Morgan fingerprint density at radius 1 is 0.786 bits per heavy atom. The molecule has 1 fully saturated rings. The number of rotatable bonds is 5. The molecule has 1 heterocycles. The van der Waals surface area contributed by atoms with Gasteiger partial charge in [0.1, 0.15) is 0 Å². The minimum atomic E-state index is -0.744. The molecule has 0 aromatic heterocycles. The summed E-state index contributed by atoms with van der Waals surface area (Å²) in [6, 6.07) is 27.5. The monoisotopic (exact) mass is 576 g/mol. The lowest BCUT2D eigenvalue weighted by atomic mass is 9.55. The van der Waals surface area contributed by atoms with E-state index >= 15 is 0 Å². The van der Waals surface area contributed by atoms with E-state index in [0.29, 0.717) is 16.4 Å². The summed E-state index contributed by atoms with van der Waals surface area (Å²) < 4.78 is 5.25. The molecule has 0 spiro atoms. The normalized spacial score (nSPS) is 21.4. The van der Waals surface area contributed by atoms with Crippen molar-refractivity contribution in [3.63, 3.8) is 0 Å². The summed E-state index contributed by atoms with van der Waals surface area (Å²) in [7, 11) is 0. The second kappa shape index (κ2) is 9.96. The van der Waals surface area contributed by atoms with Crippen LogP contribution < -0.4 is 10.2 Å². The summed E-state index contributed by atoms with van der Waals surface area (Å²) in [5.74, 6) is -3.30. The van der Waals surface area contributed by atoms with Gasteiger partial charge in [-0.25, -0.2) is 9.69 Å². The van der Waals surface area contributed by atoms with Crippen molar-refractivity contribution >= 4 is 46.7 Å². The molecule has 7 nitrogen and oxygen atoms in total. The van der Waals surface area contributed by atoms with Crippen LogP contribution in [0.3, 0.4) is 0 Å². The van der Waals surface area contributed by atoms with Gasteiger partial charge < -0.3 is 10.1 Å². The second-order valence-electron chi connectivity index (χ2n) is 10.9. The largest absolute Gasteiger partial charge is 0.452 e. The van der Waals surface area contributed by atoms with Gasteiger partial charge in [0.05, 0.1) is 23.1 Å². The first-order chi connectivity index (χ1) is 20.3. The van der Waals surface area contributed by atoms with E-state index in [4.69, 9.17) is 16.3 Å². The molecule has 4 aliphatic rings. The molecule has 0 radical (unpaired) electrons. The van der Waals surface area contributed by atoms with Crippen LogP contribution in [0.5, 0.6) is 0 Å². The molecule has 8 rings (SSSR count). The highest BCUT2D eigenvalue weighted by Crippen LogP contribution is 2.61. The van der Waals surface area contributed by atoms with Crippen LogP contribution in [0.2, 0.25) is 5.02 Å². The molecule has 3 amide bonds. The maximum Gasteiger partial charge on any atom is 0.338 e. The van der Waals surface area contributed by atoms with Gasteiger partial charge in [0.25, 0.3) is 5.91 Å². The number of hydrogen-bond acceptors (Lipinski definition) is 5. The van der Waals surface area contributed by atoms with Gasteiger partial charge in [-0.2, -0.15) is 0 Å². The molecule has 1 aliphatic heterocycles. The van der Waals surface area contributed by atoms with Crippen molar-refractivity contribution in [1.82, 2.24) is 0 Å². The summed E-state index contributed by atoms with van der Waals surface area (Å²) in [6.45, 7) is 1.31. The molecule has 0 saturated carbocycles. The minimum Gasteiger partial charge on any atom is -0.452 e. The summed E-state index contributed by atoms with van der Waals surface area (Å²) in [6.07, 6.45) is 0. The predicted octanol–water partition coefficient (Wildman–Crippen LogP) is 5.84. The Bertz CT molecular complexity index is 1700. The Labute approximate surface area is 247 Å². The van der Waals surface area contributed by atoms with E-state index in [1.165, 1.54) is 17.0 Å². The third-order valence-electron chi connectivity index (χ3n) is 8.60. The highest BCUT2D eigenvalue weighted by atomic mass is 35.5. The van der Waals surface area contributed by atoms with E-state index in [1.807, 2.05) is 31.2 Å². The van der Waals surface area contributed by atoms with Crippen molar-refractivity contribution in [2.24, 2.45) is 11.8 Å². The number of esters is 1. The number of ether oxygens (including phenoxy) is 1. The zero-order valence-electron chi connectivity index (χ0n) is 22.5. The average Bonchev–Trinajstić information content (AvgIpc) is 3.27. The second-order valence-corrected chi connectivity index (χ2v) is 11.3. The van der Waals surface area contributed by atoms with Crippen molar-refractivity contribution < 1.29 is 23.9 Å². The van der Waals surface area contributed by atoms with Crippen LogP contribution in [0.1, 0.15) is 50.0 Å². The number of aryl methyl sites for hydroxylation is 1. The molecular weight excluding hydrogens is 552 g/mol. The quantitative estimate of drug-likeness (QED) is 0.238. The van der Waals surface area contributed by atoms with Crippen LogP contribution in [0.4, 0.5) is 11.4 Å². The van der Waals surface area contributed by atoms with Gasteiger partial charge in [-0.1, -0.05) is 72.3 Å². The van der Waals surface area contributed by atoms with Gasteiger partial charge >= 0.3 is 5.97 Å². The van der Waals surface area contributed by atoms with Crippen molar-refractivity contribution in [3.8, 4) is 0 Å². The van der Waals surface area contributed by atoms with Crippen molar-refractivity contribution in [2.45, 2.75) is 18.8 Å². The van der Waals surface area contributed by atoms with Gasteiger partial charge in [0, 0.05) is 22.5 Å². The summed E-state index contributed by atoms with van der Waals surface area (Å²) in [4.78, 5) is 54.6. The van der Waals surface area contributed by atoms with Crippen molar-refractivity contribution in [2.75, 3.05) is 16.8 Å². The fourth-order valence-electron chi connectivity index (χ4n) is 6.83. The number of carbonyl (C=O) groups is 4. The number of benzene rings is 4. The van der Waals surface area contributed by atoms with E-state index < -0.39 is 30.3 Å². The molecule has 0 unspecified atom stereocenters. The predicted molar refractivity (Wildman–Crippen MR) is 158 cm³/mol. The molecule has 1 N–H and O–H groups in total. The van der Waals surface area contributed by atoms with Gasteiger partial charge in [-0.3, -0.25) is 14.4 Å². The van der Waals surface area contributed by atoms with E-state index in [1.54, 1.807) is 30.3 Å². The van der Waals surface area contributed by atoms with Gasteiger partial charge in [0.2, 0.25) is 11.8 Å². The van der Waals surface area contributed by atoms with Crippen LogP contribution >= 0.6 is 11.6 Å². The van der Waals surface area contributed by atoms with E-state index in [9.17, 15) is 19.2 Å². The maximum absolute atomic E-state index is 14.0. The van der Waals surface area contributed by atoms with E-state index in [-0.39, 0.29) is 29.2 Å². The Morgan fingerprint density at radius 3 is 1.93 bits per heavy atom. The third-order valence-corrected chi connectivity index (χ3v) is 8.83. The number of carbonyl (C=O) groups excluding carboxylic acids is 4. The molecule has 3 aliphatic carbocycles. The number of imide groups is 1. The molecule has 2 bridgehead atoms.